The first-order chi connectivity index (χ1) is 6.47. The molecule has 4 atom stereocenters. The lowest BCUT2D eigenvalue weighted by Crippen LogP contribution is -2.69. The van der Waals surface area contributed by atoms with Gasteiger partial charge >= 0.3 is 0 Å². The Kier molecular flexibility index (Phi) is 1.53. The van der Waals surface area contributed by atoms with Gasteiger partial charge in [0.1, 0.15) is 0 Å². The van der Waals surface area contributed by atoms with E-state index in [1.165, 1.54) is 0 Å². The van der Waals surface area contributed by atoms with E-state index in [0.29, 0.717) is 12.3 Å². The third-order valence-corrected chi connectivity index (χ3v) is 4.54. The molecule has 4 saturated carbocycles. The van der Waals surface area contributed by atoms with Gasteiger partial charge in [-0.3, -0.25) is 0 Å². The van der Waals surface area contributed by atoms with Crippen LogP contribution in [0.2, 0.25) is 0 Å². The quantitative estimate of drug-likeness (QED) is 0.570. The molecule has 4 bridgehead atoms. The number of nitrogens with one attached hydrogen (secondary N) is 1. The standard InChI is InChI=1S/C11H19NO2/c1-12-9-2-8-3-10(13,5-9)7-11(14,4-8)6-9/h8,12-14H,2-7H2,1H3/t8?,9?,10-,11+. The molecule has 0 aliphatic heterocycles. The predicted octanol–water partition coefficient (Wildman–Crippen LogP) is 0.404. The van der Waals surface area contributed by atoms with E-state index >= 15 is 0 Å². The van der Waals surface area contributed by atoms with E-state index in [2.05, 4.69) is 5.32 Å². The summed E-state index contributed by atoms with van der Waals surface area (Å²) in [6.07, 6.45) is 5.19. The van der Waals surface area contributed by atoms with E-state index in [4.69, 9.17) is 0 Å². The monoisotopic (exact) mass is 197 g/mol. The number of hydrogen-bond donors (Lipinski definition) is 3. The van der Waals surface area contributed by atoms with Crippen molar-refractivity contribution in [2.24, 2.45) is 5.92 Å². The van der Waals surface area contributed by atoms with Crippen LogP contribution in [-0.2, 0) is 0 Å². The summed E-state index contributed by atoms with van der Waals surface area (Å²) in [4.78, 5) is 0. The van der Waals surface area contributed by atoms with E-state index in [1.807, 2.05) is 7.05 Å². The molecule has 3 heteroatoms. The fourth-order valence-electron chi connectivity index (χ4n) is 4.62. The molecule has 0 aromatic carbocycles. The molecule has 14 heavy (non-hydrogen) atoms. The molecule has 0 spiro atoms. The van der Waals surface area contributed by atoms with E-state index in [-0.39, 0.29) is 5.54 Å². The lowest BCUT2D eigenvalue weighted by atomic mass is 9.49. The Bertz CT molecular complexity index is 260. The van der Waals surface area contributed by atoms with Crippen LogP contribution in [0, 0.1) is 5.92 Å². The maximum Gasteiger partial charge on any atom is 0.0695 e. The van der Waals surface area contributed by atoms with Crippen LogP contribution >= 0.6 is 0 Å². The van der Waals surface area contributed by atoms with Crippen LogP contribution in [0.4, 0.5) is 0 Å². The molecule has 80 valence electrons. The fraction of sp³-hybridized carbons (Fsp3) is 1.00. The zero-order valence-electron chi connectivity index (χ0n) is 8.71. The van der Waals surface area contributed by atoms with Crippen LogP contribution in [0.1, 0.15) is 38.5 Å². The molecule has 4 aliphatic rings. The van der Waals surface area contributed by atoms with Crippen LogP contribution in [0.3, 0.4) is 0 Å². The third kappa shape index (κ3) is 1.09. The molecule has 4 aliphatic carbocycles. The zero-order valence-corrected chi connectivity index (χ0v) is 8.71. The van der Waals surface area contributed by atoms with E-state index in [1.54, 1.807) is 0 Å². The Morgan fingerprint density at radius 1 is 1.00 bits per heavy atom. The molecule has 4 fully saturated rings. The molecule has 0 amide bonds. The molecule has 3 N–H and O–H groups in total. The Morgan fingerprint density at radius 3 is 2.00 bits per heavy atom. The summed E-state index contributed by atoms with van der Waals surface area (Å²) < 4.78 is 0. The van der Waals surface area contributed by atoms with Crippen molar-refractivity contribution in [1.82, 2.24) is 5.32 Å². The average Bonchev–Trinajstić information content (AvgIpc) is 1.97. The van der Waals surface area contributed by atoms with Crippen molar-refractivity contribution in [2.75, 3.05) is 7.05 Å². The van der Waals surface area contributed by atoms with Crippen LogP contribution in [0.15, 0.2) is 0 Å². The highest BCUT2D eigenvalue weighted by atomic mass is 16.3. The van der Waals surface area contributed by atoms with Crippen LogP contribution < -0.4 is 5.32 Å². The number of rotatable bonds is 1. The van der Waals surface area contributed by atoms with Gasteiger partial charge in [-0.15, -0.1) is 0 Å². The summed E-state index contributed by atoms with van der Waals surface area (Å²) in [5, 5.41) is 24.1. The van der Waals surface area contributed by atoms with Crippen molar-refractivity contribution in [3.05, 3.63) is 0 Å². The van der Waals surface area contributed by atoms with Crippen molar-refractivity contribution in [3.8, 4) is 0 Å². The normalized spacial score (nSPS) is 60.6. The summed E-state index contributed by atoms with van der Waals surface area (Å²) in [6.45, 7) is 0. The van der Waals surface area contributed by atoms with Gasteiger partial charge in [0.15, 0.2) is 0 Å². The minimum atomic E-state index is -0.586. The average molecular weight is 197 g/mol. The lowest BCUT2D eigenvalue weighted by Gasteiger charge is -2.63. The van der Waals surface area contributed by atoms with Gasteiger partial charge in [0, 0.05) is 12.0 Å². The van der Waals surface area contributed by atoms with Crippen molar-refractivity contribution in [1.29, 1.82) is 0 Å². The molecule has 0 heterocycles. The molecule has 0 aromatic heterocycles. The van der Waals surface area contributed by atoms with E-state index in [0.717, 1.165) is 32.1 Å². The summed E-state index contributed by atoms with van der Waals surface area (Å²) >= 11 is 0. The third-order valence-electron chi connectivity index (χ3n) is 4.54. The summed E-state index contributed by atoms with van der Waals surface area (Å²) in [5.74, 6) is 0.522. The molecule has 2 unspecified atom stereocenters. The second-order valence-corrected chi connectivity index (χ2v) is 5.99. The number of hydrogen-bond acceptors (Lipinski definition) is 3. The Morgan fingerprint density at radius 2 is 1.57 bits per heavy atom. The predicted molar refractivity (Wildman–Crippen MR) is 52.9 cm³/mol. The maximum atomic E-state index is 10.4. The first-order valence-corrected chi connectivity index (χ1v) is 5.60. The van der Waals surface area contributed by atoms with Gasteiger partial charge in [0.2, 0.25) is 0 Å². The van der Waals surface area contributed by atoms with Crippen molar-refractivity contribution in [3.63, 3.8) is 0 Å². The molecular formula is C11H19NO2. The molecule has 3 nitrogen and oxygen atoms in total. The highest BCUT2D eigenvalue weighted by molar-refractivity contribution is 5.17. The molecule has 4 rings (SSSR count). The van der Waals surface area contributed by atoms with Gasteiger partial charge in [-0.2, -0.15) is 0 Å². The van der Waals surface area contributed by atoms with Crippen LogP contribution in [-0.4, -0.2) is 34.0 Å². The molecular weight excluding hydrogens is 178 g/mol. The van der Waals surface area contributed by atoms with Gasteiger partial charge in [0.25, 0.3) is 0 Å². The van der Waals surface area contributed by atoms with Gasteiger partial charge in [0.05, 0.1) is 11.2 Å². The largest absolute Gasteiger partial charge is 0.390 e. The Hall–Kier alpha value is -0.120. The van der Waals surface area contributed by atoms with Crippen LogP contribution in [0.25, 0.3) is 0 Å². The second kappa shape index (κ2) is 2.34. The smallest absolute Gasteiger partial charge is 0.0695 e. The zero-order chi connectivity index (χ0) is 10.0. The van der Waals surface area contributed by atoms with Gasteiger partial charge < -0.3 is 15.5 Å². The first kappa shape index (κ1) is 9.13. The first-order valence-electron chi connectivity index (χ1n) is 5.60. The summed E-state index contributed by atoms with van der Waals surface area (Å²) in [6, 6.07) is 0. The minimum Gasteiger partial charge on any atom is -0.390 e. The molecule has 0 radical (unpaired) electrons. The second-order valence-electron chi connectivity index (χ2n) is 5.99. The minimum absolute atomic E-state index is 0.0168. The lowest BCUT2D eigenvalue weighted by molar-refractivity contribution is -0.210. The van der Waals surface area contributed by atoms with Gasteiger partial charge in [-0.05, 0) is 45.1 Å². The van der Waals surface area contributed by atoms with Crippen molar-refractivity contribution >= 4 is 0 Å². The van der Waals surface area contributed by atoms with Crippen molar-refractivity contribution in [2.45, 2.75) is 55.3 Å². The van der Waals surface area contributed by atoms with Gasteiger partial charge in [-0.1, -0.05) is 0 Å². The van der Waals surface area contributed by atoms with E-state index < -0.39 is 11.2 Å². The summed E-state index contributed by atoms with van der Waals surface area (Å²) in [7, 11) is 1.96. The van der Waals surface area contributed by atoms with Crippen LogP contribution in [0.5, 0.6) is 0 Å². The highest BCUT2D eigenvalue weighted by Gasteiger charge is 2.62. The number of aliphatic hydroxyl groups is 2. The topological polar surface area (TPSA) is 52.5 Å². The Balaban J connectivity index is 2.01. The summed E-state index contributed by atoms with van der Waals surface area (Å²) in [5.41, 5.74) is -1.16. The maximum absolute atomic E-state index is 10.4. The van der Waals surface area contributed by atoms with Gasteiger partial charge in [-0.25, -0.2) is 0 Å². The highest BCUT2D eigenvalue weighted by Crippen LogP contribution is 2.58. The Labute approximate surface area is 84.5 Å². The SMILES string of the molecule is CNC12CC3C[C@@](O)(C1)C[C@](O)(C3)C2. The molecule has 0 saturated heterocycles. The molecule has 0 aromatic rings. The van der Waals surface area contributed by atoms with E-state index in [9.17, 15) is 10.2 Å². The fourth-order valence-corrected chi connectivity index (χ4v) is 4.62. The van der Waals surface area contributed by atoms with Crippen molar-refractivity contribution < 1.29 is 10.2 Å².